The maximum absolute atomic E-state index is 11.5. The van der Waals surface area contributed by atoms with Crippen molar-refractivity contribution in [2.75, 3.05) is 0 Å². The predicted octanol–water partition coefficient (Wildman–Crippen LogP) is 4.20. The highest BCUT2D eigenvalue weighted by Crippen LogP contribution is 2.26. The number of aromatic nitrogens is 2. The lowest BCUT2D eigenvalue weighted by Gasteiger charge is -2.03. The molecule has 0 bridgehead atoms. The minimum absolute atomic E-state index is 0.142. The lowest BCUT2D eigenvalue weighted by atomic mass is 10.1. The summed E-state index contributed by atoms with van der Waals surface area (Å²) in [6, 6.07) is 14.8. The zero-order chi connectivity index (χ0) is 15.7. The van der Waals surface area contributed by atoms with Crippen LogP contribution in [0.15, 0.2) is 54.7 Å². The van der Waals surface area contributed by atoms with Crippen LogP contribution in [0.25, 0.3) is 16.9 Å². The molecule has 3 rings (SSSR count). The van der Waals surface area contributed by atoms with Crippen molar-refractivity contribution in [2.24, 2.45) is 0 Å². The summed E-state index contributed by atoms with van der Waals surface area (Å²) in [6.45, 7) is 1.98. The number of rotatable bonds is 3. The highest BCUT2D eigenvalue weighted by atomic mass is 35.5. The SMILES string of the molecule is Cc1ccc(-c2nn(-c3ccccc3Cl)cc2C(=O)O)cc1. The van der Waals surface area contributed by atoms with Crippen LogP contribution in [0.4, 0.5) is 0 Å². The van der Waals surface area contributed by atoms with Gasteiger partial charge in [-0.1, -0.05) is 53.6 Å². The first-order valence-electron chi connectivity index (χ1n) is 6.71. The topological polar surface area (TPSA) is 55.1 Å². The van der Waals surface area contributed by atoms with Crippen molar-refractivity contribution in [3.63, 3.8) is 0 Å². The van der Waals surface area contributed by atoms with Crippen LogP contribution in [0.1, 0.15) is 15.9 Å². The summed E-state index contributed by atoms with van der Waals surface area (Å²) in [7, 11) is 0. The molecule has 0 saturated heterocycles. The molecule has 2 aromatic carbocycles. The molecule has 0 unspecified atom stereocenters. The Labute approximate surface area is 132 Å². The van der Waals surface area contributed by atoms with E-state index in [0.717, 1.165) is 11.1 Å². The number of aromatic carboxylic acids is 1. The molecule has 0 fully saturated rings. The zero-order valence-electron chi connectivity index (χ0n) is 11.8. The van der Waals surface area contributed by atoms with E-state index in [1.54, 1.807) is 12.1 Å². The van der Waals surface area contributed by atoms with Crippen molar-refractivity contribution < 1.29 is 9.90 Å². The van der Waals surface area contributed by atoms with E-state index in [1.165, 1.54) is 10.9 Å². The highest BCUT2D eigenvalue weighted by Gasteiger charge is 2.18. The number of hydrogen-bond donors (Lipinski definition) is 1. The average Bonchev–Trinajstić information content (AvgIpc) is 2.93. The molecule has 0 aliphatic rings. The summed E-state index contributed by atoms with van der Waals surface area (Å²) < 4.78 is 1.50. The molecule has 0 saturated carbocycles. The van der Waals surface area contributed by atoms with E-state index in [9.17, 15) is 9.90 Å². The summed E-state index contributed by atoms with van der Waals surface area (Å²) in [5.41, 5.74) is 3.07. The van der Waals surface area contributed by atoms with Gasteiger partial charge in [-0.15, -0.1) is 0 Å². The third-order valence-corrected chi connectivity index (χ3v) is 3.69. The molecular weight excluding hydrogens is 300 g/mol. The molecule has 110 valence electrons. The van der Waals surface area contributed by atoms with Gasteiger partial charge >= 0.3 is 5.97 Å². The van der Waals surface area contributed by atoms with E-state index < -0.39 is 5.97 Å². The predicted molar refractivity (Wildman–Crippen MR) is 85.7 cm³/mol. The maximum Gasteiger partial charge on any atom is 0.339 e. The number of hydrogen-bond acceptors (Lipinski definition) is 2. The van der Waals surface area contributed by atoms with E-state index >= 15 is 0 Å². The number of benzene rings is 2. The van der Waals surface area contributed by atoms with Crippen LogP contribution in [0.2, 0.25) is 5.02 Å². The van der Waals surface area contributed by atoms with Gasteiger partial charge in [-0.05, 0) is 19.1 Å². The summed E-state index contributed by atoms with van der Waals surface area (Å²) in [6.07, 6.45) is 1.48. The number of carboxylic acids is 1. The molecule has 1 heterocycles. The Kier molecular flexibility index (Phi) is 3.69. The van der Waals surface area contributed by atoms with E-state index in [2.05, 4.69) is 5.10 Å². The van der Waals surface area contributed by atoms with Gasteiger partial charge in [0.05, 0.1) is 10.7 Å². The third kappa shape index (κ3) is 2.61. The number of para-hydroxylation sites is 1. The smallest absolute Gasteiger partial charge is 0.339 e. The molecule has 22 heavy (non-hydrogen) atoms. The van der Waals surface area contributed by atoms with Gasteiger partial charge in [-0.25, -0.2) is 9.48 Å². The number of halogens is 1. The quantitative estimate of drug-likeness (QED) is 0.788. The van der Waals surface area contributed by atoms with Crippen LogP contribution in [0.3, 0.4) is 0 Å². The van der Waals surface area contributed by atoms with Gasteiger partial charge in [-0.2, -0.15) is 5.10 Å². The molecular formula is C17H13ClN2O2. The Bertz CT molecular complexity index is 838. The Morgan fingerprint density at radius 3 is 2.45 bits per heavy atom. The second-order valence-corrected chi connectivity index (χ2v) is 5.37. The van der Waals surface area contributed by atoms with Gasteiger partial charge in [0.2, 0.25) is 0 Å². The molecule has 5 heteroatoms. The van der Waals surface area contributed by atoms with E-state index in [1.807, 2.05) is 43.3 Å². The fraction of sp³-hybridized carbons (Fsp3) is 0.0588. The van der Waals surface area contributed by atoms with Crippen molar-refractivity contribution in [1.82, 2.24) is 9.78 Å². The lowest BCUT2D eigenvalue weighted by Crippen LogP contribution is -1.96. The van der Waals surface area contributed by atoms with Gasteiger partial charge < -0.3 is 5.11 Å². The molecule has 1 aromatic heterocycles. The fourth-order valence-electron chi connectivity index (χ4n) is 2.22. The zero-order valence-corrected chi connectivity index (χ0v) is 12.6. The van der Waals surface area contributed by atoms with Crippen LogP contribution in [-0.2, 0) is 0 Å². The van der Waals surface area contributed by atoms with Crippen molar-refractivity contribution in [3.05, 3.63) is 70.9 Å². The molecule has 0 aliphatic heterocycles. The number of nitrogens with zero attached hydrogens (tertiary/aromatic N) is 2. The van der Waals surface area contributed by atoms with E-state index in [0.29, 0.717) is 16.4 Å². The Hall–Kier alpha value is -2.59. The largest absolute Gasteiger partial charge is 0.478 e. The molecule has 1 N–H and O–H groups in total. The van der Waals surface area contributed by atoms with Gasteiger partial charge in [-0.3, -0.25) is 0 Å². The van der Waals surface area contributed by atoms with Crippen LogP contribution >= 0.6 is 11.6 Å². The normalized spacial score (nSPS) is 10.6. The first-order chi connectivity index (χ1) is 10.6. The van der Waals surface area contributed by atoms with Gasteiger partial charge in [0.1, 0.15) is 11.3 Å². The molecule has 0 spiro atoms. The first-order valence-corrected chi connectivity index (χ1v) is 7.09. The Morgan fingerprint density at radius 1 is 1.14 bits per heavy atom. The van der Waals surface area contributed by atoms with Crippen LogP contribution in [-0.4, -0.2) is 20.9 Å². The van der Waals surface area contributed by atoms with E-state index in [4.69, 9.17) is 11.6 Å². The van der Waals surface area contributed by atoms with Crippen LogP contribution in [0, 0.1) is 6.92 Å². The minimum atomic E-state index is -1.02. The first kappa shape index (κ1) is 14.4. The number of aryl methyl sites for hydroxylation is 1. The molecule has 0 atom stereocenters. The number of carboxylic acid groups (broad SMARTS) is 1. The fourth-order valence-corrected chi connectivity index (χ4v) is 2.44. The monoisotopic (exact) mass is 312 g/mol. The molecule has 0 radical (unpaired) electrons. The second-order valence-electron chi connectivity index (χ2n) is 4.96. The number of carbonyl (C=O) groups is 1. The second kappa shape index (κ2) is 5.66. The van der Waals surface area contributed by atoms with Crippen molar-refractivity contribution in [1.29, 1.82) is 0 Å². The standard InChI is InChI=1S/C17H13ClN2O2/c1-11-6-8-12(9-7-11)16-13(17(21)22)10-20(19-16)15-5-3-2-4-14(15)18/h2-10H,1H3,(H,21,22). The highest BCUT2D eigenvalue weighted by molar-refractivity contribution is 6.32. The molecule has 4 nitrogen and oxygen atoms in total. The van der Waals surface area contributed by atoms with Gasteiger partial charge in [0.25, 0.3) is 0 Å². The minimum Gasteiger partial charge on any atom is -0.478 e. The van der Waals surface area contributed by atoms with Crippen LogP contribution < -0.4 is 0 Å². The van der Waals surface area contributed by atoms with Gasteiger partial charge in [0.15, 0.2) is 0 Å². The summed E-state index contributed by atoms with van der Waals surface area (Å²) in [5, 5.41) is 14.4. The van der Waals surface area contributed by atoms with Crippen LogP contribution in [0.5, 0.6) is 0 Å². The summed E-state index contributed by atoms with van der Waals surface area (Å²) >= 11 is 6.16. The lowest BCUT2D eigenvalue weighted by molar-refractivity contribution is 0.0697. The molecule has 3 aromatic rings. The van der Waals surface area contributed by atoms with Gasteiger partial charge in [0, 0.05) is 11.8 Å². The van der Waals surface area contributed by atoms with Crippen molar-refractivity contribution >= 4 is 17.6 Å². The van der Waals surface area contributed by atoms with Crippen molar-refractivity contribution in [2.45, 2.75) is 6.92 Å². The molecule has 0 amide bonds. The van der Waals surface area contributed by atoms with E-state index in [-0.39, 0.29) is 5.56 Å². The average molecular weight is 313 g/mol. The third-order valence-electron chi connectivity index (χ3n) is 3.37. The maximum atomic E-state index is 11.5. The summed E-state index contributed by atoms with van der Waals surface area (Å²) in [4.78, 5) is 11.5. The van der Waals surface area contributed by atoms with Crippen molar-refractivity contribution in [3.8, 4) is 16.9 Å². The Balaban J connectivity index is 2.17. The summed E-state index contributed by atoms with van der Waals surface area (Å²) in [5.74, 6) is -1.02. The molecule has 0 aliphatic carbocycles. The Morgan fingerprint density at radius 2 is 1.82 bits per heavy atom.